The molecule has 1 amide bonds. The summed E-state index contributed by atoms with van der Waals surface area (Å²) in [6, 6.07) is 14.8. The van der Waals surface area contributed by atoms with Crippen molar-refractivity contribution in [2.75, 3.05) is 18.1 Å². The first-order valence-electron chi connectivity index (χ1n) is 9.62. The summed E-state index contributed by atoms with van der Waals surface area (Å²) in [5.74, 6) is 0.269. The van der Waals surface area contributed by atoms with E-state index in [1.54, 1.807) is 54.1 Å². The van der Waals surface area contributed by atoms with E-state index in [1.807, 2.05) is 0 Å². The van der Waals surface area contributed by atoms with Crippen molar-refractivity contribution in [3.63, 3.8) is 0 Å². The molecular formula is C21H23N5O4S2. The highest BCUT2D eigenvalue weighted by molar-refractivity contribution is 7.99. The van der Waals surface area contributed by atoms with Gasteiger partial charge in [-0.1, -0.05) is 30.0 Å². The molecule has 1 aromatic heterocycles. The van der Waals surface area contributed by atoms with Gasteiger partial charge in [0, 0.05) is 25.3 Å². The molecule has 0 saturated carbocycles. The van der Waals surface area contributed by atoms with Gasteiger partial charge in [-0.25, -0.2) is 8.42 Å². The van der Waals surface area contributed by atoms with Crippen LogP contribution in [0.15, 0.2) is 64.6 Å². The monoisotopic (exact) mass is 473 g/mol. The van der Waals surface area contributed by atoms with Crippen LogP contribution in [-0.4, -0.2) is 52.0 Å². The molecule has 3 aromatic rings. The third-order valence-corrected chi connectivity index (χ3v) is 7.49. The lowest BCUT2D eigenvalue weighted by molar-refractivity contribution is -0.113. The lowest BCUT2D eigenvalue weighted by Crippen LogP contribution is -2.27. The molecule has 32 heavy (non-hydrogen) atoms. The molecule has 0 bridgehead atoms. The number of carbonyl (C=O) groups is 2. The lowest BCUT2D eigenvalue weighted by atomic mass is 10.1. The number of Topliss-reactive ketones (excluding diaryl/α,β-unsaturated/α-hetero) is 1. The number of nitrogens with one attached hydrogen (secondary N) is 1. The predicted octanol–water partition coefficient (Wildman–Crippen LogP) is 2.57. The number of sulfonamides is 1. The van der Waals surface area contributed by atoms with E-state index >= 15 is 0 Å². The fourth-order valence-electron chi connectivity index (χ4n) is 2.78. The van der Waals surface area contributed by atoms with Crippen LogP contribution in [0.2, 0.25) is 0 Å². The molecule has 0 fully saturated rings. The number of aromatic nitrogens is 3. The van der Waals surface area contributed by atoms with E-state index in [9.17, 15) is 18.0 Å². The van der Waals surface area contributed by atoms with E-state index in [2.05, 4.69) is 15.5 Å². The summed E-state index contributed by atoms with van der Waals surface area (Å²) in [7, 11) is -0.451. The second-order valence-corrected chi connectivity index (χ2v) is 9.99. The molecule has 3 rings (SSSR count). The van der Waals surface area contributed by atoms with Crippen molar-refractivity contribution < 1.29 is 18.0 Å². The van der Waals surface area contributed by atoms with Gasteiger partial charge < -0.3 is 9.88 Å². The molecule has 0 spiro atoms. The zero-order chi connectivity index (χ0) is 23.3. The molecule has 0 atom stereocenters. The van der Waals surface area contributed by atoms with E-state index in [0.29, 0.717) is 22.2 Å². The van der Waals surface area contributed by atoms with Crippen LogP contribution in [0.25, 0.3) is 0 Å². The Morgan fingerprint density at radius 2 is 1.72 bits per heavy atom. The maximum Gasteiger partial charge on any atom is 0.243 e. The Hall–Kier alpha value is -3.02. The predicted molar refractivity (Wildman–Crippen MR) is 122 cm³/mol. The van der Waals surface area contributed by atoms with E-state index in [0.717, 1.165) is 0 Å². The third kappa shape index (κ3) is 5.61. The van der Waals surface area contributed by atoms with E-state index in [-0.39, 0.29) is 28.9 Å². The largest absolute Gasteiger partial charge is 0.325 e. The first-order valence-corrected chi connectivity index (χ1v) is 12.0. The van der Waals surface area contributed by atoms with Gasteiger partial charge in [-0.3, -0.25) is 9.59 Å². The molecular weight excluding hydrogens is 450 g/mol. The minimum Gasteiger partial charge on any atom is -0.325 e. The minimum absolute atomic E-state index is 0.0377. The zero-order valence-corrected chi connectivity index (χ0v) is 19.5. The second kappa shape index (κ2) is 10.1. The Labute approximate surface area is 190 Å². The summed E-state index contributed by atoms with van der Waals surface area (Å²) in [5.41, 5.74) is 1.16. The summed E-state index contributed by atoms with van der Waals surface area (Å²) in [5, 5.41) is 11.4. The fourth-order valence-corrected chi connectivity index (χ4v) is 4.66. The van der Waals surface area contributed by atoms with Gasteiger partial charge in [0.05, 0.1) is 17.2 Å². The average Bonchev–Trinajstić information content (AvgIpc) is 3.12. The normalized spacial score (nSPS) is 11.5. The van der Waals surface area contributed by atoms with E-state index in [1.165, 1.54) is 42.2 Å². The first-order chi connectivity index (χ1) is 15.2. The summed E-state index contributed by atoms with van der Waals surface area (Å²) in [6.07, 6.45) is 0. The molecule has 0 aliphatic rings. The maximum atomic E-state index is 12.7. The van der Waals surface area contributed by atoms with Crippen LogP contribution in [0.3, 0.4) is 0 Å². The van der Waals surface area contributed by atoms with Gasteiger partial charge in [-0.15, -0.1) is 10.2 Å². The minimum atomic E-state index is -3.65. The number of nitrogens with zero attached hydrogens (tertiary/aromatic N) is 4. The highest BCUT2D eigenvalue weighted by Crippen LogP contribution is 2.20. The first kappa shape index (κ1) is 23.6. The smallest absolute Gasteiger partial charge is 0.243 e. The molecule has 168 valence electrons. The van der Waals surface area contributed by atoms with Crippen molar-refractivity contribution in [2.24, 2.45) is 7.05 Å². The summed E-state index contributed by atoms with van der Waals surface area (Å²) < 4.78 is 28.3. The van der Waals surface area contributed by atoms with Crippen molar-refractivity contribution in [2.45, 2.75) is 23.5 Å². The number of carbonyl (C=O) groups excluding carboxylic acids is 2. The Morgan fingerprint density at radius 3 is 2.34 bits per heavy atom. The third-order valence-electron chi connectivity index (χ3n) is 4.65. The molecule has 0 aliphatic carbocycles. The lowest BCUT2D eigenvalue weighted by Gasteiger charge is -2.16. The van der Waals surface area contributed by atoms with Crippen molar-refractivity contribution >= 4 is 39.2 Å². The van der Waals surface area contributed by atoms with E-state index in [4.69, 9.17) is 0 Å². The number of thioether (sulfide) groups is 1. The zero-order valence-electron chi connectivity index (χ0n) is 17.8. The molecule has 0 radical (unpaired) electrons. The van der Waals surface area contributed by atoms with Crippen LogP contribution in [0.1, 0.15) is 23.1 Å². The molecule has 11 heteroatoms. The van der Waals surface area contributed by atoms with Crippen LogP contribution in [-0.2, 0) is 28.4 Å². The van der Waals surface area contributed by atoms with Crippen molar-refractivity contribution in [3.8, 4) is 0 Å². The van der Waals surface area contributed by atoms with Crippen LogP contribution < -0.4 is 5.32 Å². The number of amides is 1. The van der Waals surface area contributed by atoms with Gasteiger partial charge >= 0.3 is 0 Å². The van der Waals surface area contributed by atoms with Crippen molar-refractivity contribution in [1.29, 1.82) is 0 Å². The Kier molecular flexibility index (Phi) is 7.44. The van der Waals surface area contributed by atoms with Crippen LogP contribution in [0.5, 0.6) is 0 Å². The van der Waals surface area contributed by atoms with Crippen molar-refractivity contribution in [3.05, 3.63) is 66.0 Å². The highest BCUT2D eigenvalue weighted by Gasteiger charge is 2.23. The average molecular weight is 474 g/mol. The summed E-state index contributed by atoms with van der Waals surface area (Å²) in [6.45, 7) is 1.52. The molecule has 1 heterocycles. The quantitative estimate of drug-likeness (QED) is 0.375. The van der Waals surface area contributed by atoms with Crippen LogP contribution in [0, 0.1) is 0 Å². The number of hydrogen-bond acceptors (Lipinski definition) is 7. The highest BCUT2D eigenvalue weighted by atomic mass is 32.2. The molecule has 0 aliphatic heterocycles. The Balaban J connectivity index is 1.58. The van der Waals surface area contributed by atoms with E-state index < -0.39 is 10.0 Å². The molecule has 9 nitrogen and oxygen atoms in total. The van der Waals surface area contributed by atoms with Gasteiger partial charge in [0.1, 0.15) is 5.82 Å². The molecule has 0 unspecified atom stereocenters. The number of benzene rings is 2. The van der Waals surface area contributed by atoms with Gasteiger partial charge in [-0.2, -0.15) is 4.31 Å². The SMILES string of the molecule is CC(=O)c1ccc(NC(=O)CSc2nnc(CN(C)S(=O)(=O)c3ccccc3)n2C)cc1. The molecule has 2 aromatic carbocycles. The second-order valence-electron chi connectivity index (χ2n) is 7.00. The fraction of sp³-hybridized carbons (Fsp3) is 0.238. The molecule has 0 saturated heterocycles. The van der Waals surface area contributed by atoms with Crippen LogP contribution >= 0.6 is 11.8 Å². The number of anilines is 1. The summed E-state index contributed by atoms with van der Waals surface area (Å²) >= 11 is 1.19. The Bertz CT molecular complexity index is 1210. The van der Waals surface area contributed by atoms with Gasteiger partial charge in [-0.05, 0) is 43.3 Å². The maximum absolute atomic E-state index is 12.7. The van der Waals surface area contributed by atoms with Gasteiger partial charge in [0.2, 0.25) is 15.9 Å². The van der Waals surface area contributed by atoms with Gasteiger partial charge in [0.25, 0.3) is 0 Å². The number of hydrogen-bond donors (Lipinski definition) is 1. The number of ketones is 1. The van der Waals surface area contributed by atoms with Crippen LogP contribution in [0.4, 0.5) is 5.69 Å². The Morgan fingerprint density at radius 1 is 1.06 bits per heavy atom. The number of rotatable bonds is 9. The molecule has 1 N–H and O–H groups in total. The van der Waals surface area contributed by atoms with Crippen molar-refractivity contribution in [1.82, 2.24) is 19.1 Å². The van der Waals surface area contributed by atoms with Gasteiger partial charge in [0.15, 0.2) is 10.9 Å². The summed E-state index contributed by atoms with van der Waals surface area (Å²) in [4.78, 5) is 23.8. The topological polar surface area (TPSA) is 114 Å². The standard InChI is InChI=1S/C21H23N5O4S2/c1-15(27)16-9-11-17(12-10-16)22-20(28)14-31-21-24-23-19(26(21)3)13-25(2)32(29,30)18-7-5-4-6-8-18/h4-12H,13-14H2,1-3H3,(H,22,28).